The molecule has 204 valence electrons. The summed E-state index contributed by atoms with van der Waals surface area (Å²) >= 11 is 4.70. The fourth-order valence-corrected chi connectivity index (χ4v) is 7.62. The van der Waals surface area contributed by atoms with Gasteiger partial charge in [-0.1, -0.05) is 77.7 Å². The first kappa shape index (κ1) is 27.1. The molecule has 4 aromatic heterocycles. The van der Waals surface area contributed by atoms with Gasteiger partial charge < -0.3 is 16.2 Å². The molecular weight excluding hydrogens is 571 g/mol. The van der Waals surface area contributed by atoms with Crippen LogP contribution in [0.1, 0.15) is 38.7 Å². The number of benzene rings is 2. The maximum absolute atomic E-state index is 12.6. The minimum atomic E-state index is -0.578. The first-order valence-electron chi connectivity index (χ1n) is 12.8. The molecule has 1 atom stereocenters. The first-order chi connectivity index (χ1) is 20.1. The Bertz CT molecular complexity index is 1820. The lowest BCUT2D eigenvalue weighted by atomic mass is 9.83. The number of pyridine rings is 2. The number of aliphatic hydroxyl groups excluding tert-OH is 1. The molecule has 0 saturated heterocycles. The van der Waals surface area contributed by atoms with E-state index in [1.807, 2.05) is 72.2 Å². The number of anilines is 2. The molecule has 0 spiro atoms. The molecule has 6 rings (SSSR count). The molecule has 7 nitrogen and oxygen atoms in total. The number of amides is 1. The number of nitrogens with one attached hydrogen (secondary N) is 1. The van der Waals surface area contributed by atoms with E-state index >= 15 is 0 Å². The maximum atomic E-state index is 12.6. The van der Waals surface area contributed by atoms with E-state index in [1.165, 1.54) is 23.1 Å². The molecule has 0 aliphatic rings. The molecule has 0 aliphatic carbocycles. The number of carbonyl (C=O) groups is 1. The molecule has 0 saturated carbocycles. The number of rotatable bonds is 10. The van der Waals surface area contributed by atoms with Crippen LogP contribution >= 0.6 is 34.4 Å². The van der Waals surface area contributed by atoms with Crippen LogP contribution in [0, 0.1) is 0 Å². The van der Waals surface area contributed by atoms with E-state index in [0.717, 1.165) is 52.4 Å². The van der Waals surface area contributed by atoms with Crippen LogP contribution in [0.4, 0.5) is 10.9 Å². The monoisotopic (exact) mass is 595 g/mol. The van der Waals surface area contributed by atoms with Crippen LogP contribution in [0.3, 0.4) is 0 Å². The Labute approximate surface area is 249 Å². The topological polar surface area (TPSA) is 114 Å². The Hall–Kier alpha value is -4.09. The number of carbonyl (C=O) groups excluding carboxylic acids is 1. The van der Waals surface area contributed by atoms with Crippen molar-refractivity contribution in [2.75, 3.05) is 5.32 Å². The Morgan fingerprint density at radius 3 is 2.61 bits per heavy atom. The zero-order valence-electron chi connectivity index (χ0n) is 21.7. The Balaban J connectivity index is 1.35. The lowest BCUT2D eigenvalue weighted by Crippen LogP contribution is -2.19. The van der Waals surface area contributed by atoms with Crippen molar-refractivity contribution in [2.24, 2.45) is 5.73 Å². The van der Waals surface area contributed by atoms with Gasteiger partial charge in [0.05, 0.1) is 17.0 Å². The van der Waals surface area contributed by atoms with Crippen LogP contribution < -0.4 is 11.1 Å². The van der Waals surface area contributed by atoms with Crippen molar-refractivity contribution in [3.8, 4) is 0 Å². The predicted octanol–water partition coefficient (Wildman–Crippen LogP) is 7.01. The minimum Gasteiger partial charge on any atom is -0.392 e. The smallest absolute Gasteiger partial charge is 0.267 e. The number of thiophene rings is 1. The van der Waals surface area contributed by atoms with Crippen LogP contribution in [-0.2, 0) is 13.0 Å². The molecule has 2 aromatic carbocycles. The summed E-state index contributed by atoms with van der Waals surface area (Å²) < 4.78 is 2.10. The number of hydrogen-bond acceptors (Lipinski definition) is 9. The second-order valence-corrected chi connectivity index (χ2v) is 12.5. The lowest BCUT2D eigenvalue weighted by molar-refractivity contribution is 0.0994. The van der Waals surface area contributed by atoms with Gasteiger partial charge in [0, 0.05) is 33.3 Å². The number of aliphatic hydroxyl groups is 1. The van der Waals surface area contributed by atoms with Gasteiger partial charge in [0.2, 0.25) is 0 Å². The number of aromatic nitrogens is 3. The minimum absolute atomic E-state index is 0.0819. The van der Waals surface area contributed by atoms with Gasteiger partial charge in [0.15, 0.2) is 5.13 Å². The second-order valence-electron chi connectivity index (χ2n) is 9.23. The Morgan fingerprint density at radius 1 is 0.976 bits per heavy atom. The molecule has 0 aliphatic heterocycles. The van der Waals surface area contributed by atoms with Gasteiger partial charge in [-0.2, -0.15) is 0 Å². The summed E-state index contributed by atoms with van der Waals surface area (Å²) in [4.78, 5) is 26.9. The maximum Gasteiger partial charge on any atom is 0.267 e. The number of thiazole rings is 1. The predicted molar refractivity (Wildman–Crippen MR) is 166 cm³/mol. The van der Waals surface area contributed by atoms with E-state index < -0.39 is 5.91 Å². The highest BCUT2D eigenvalue weighted by Crippen LogP contribution is 2.40. The number of nitrogens with zero attached hydrogens (tertiary/aromatic N) is 3. The van der Waals surface area contributed by atoms with E-state index in [2.05, 4.69) is 32.4 Å². The van der Waals surface area contributed by atoms with Crippen LogP contribution in [0.15, 0.2) is 106 Å². The quantitative estimate of drug-likeness (QED) is 0.156. The molecule has 6 aromatic rings. The van der Waals surface area contributed by atoms with Crippen molar-refractivity contribution >= 4 is 61.4 Å². The highest BCUT2D eigenvalue weighted by Gasteiger charge is 2.24. The normalized spacial score (nSPS) is 11.9. The molecule has 0 unspecified atom stereocenters. The SMILES string of the molecule is NC(=O)c1nccc(Sc2cnc(Nc3nccc4sccc34)s2)c1C[C@H](c1ccccc1)c1ccccc1CO. The van der Waals surface area contributed by atoms with Gasteiger partial charge in [0.1, 0.15) is 11.5 Å². The standard InChI is InChI=1S/C31H25N5O2S3/c32-29(38)28-24(16-23(19-6-2-1-3-7-19)21-9-5-4-8-20(21)18-37)26(11-13-33-28)40-27-17-35-31(41-27)36-30-22-12-15-39-25(22)10-14-34-30/h1-15,17,23,37H,16,18H2,(H2,32,38)(H,34,35,36)/t23-/m1/s1. The lowest BCUT2D eigenvalue weighted by Gasteiger charge is -2.23. The molecule has 0 fully saturated rings. The van der Waals surface area contributed by atoms with E-state index in [9.17, 15) is 9.90 Å². The van der Waals surface area contributed by atoms with Gasteiger partial charge in [-0.25, -0.2) is 9.97 Å². The average Bonchev–Trinajstić information content (AvgIpc) is 3.67. The first-order valence-corrected chi connectivity index (χ1v) is 15.4. The van der Waals surface area contributed by atoms with Crippen LogP contribution in [0.5, 0.6) is 0 Å². The largest absolute Gasteiger partial charge is 0.392 e. The molecule has 1 amide bonds. The van der Waals surface area contributed by atoms with Gasteiger partial charge in [-0.15, -0.1) is 11.3 Å². The Kier molecular flexibility index (Phi) is 8.06. The van der Waals surface area contributed by atoms with Crippen LogP contribution in [-0.4, -0.2) is 26.0 Å². The van der Waals surface area contributed by atoms with Gasteiger partial charge >= 0.3 is 0 Å². The molecular formula is C31H25N5O2S3. The van der Waals surface area contributed by atoms with Crippen molar-refractivity contribution in [1.82, 2.24) is 15.0 Å². The summed E-state index contributed by atoms with van der Waals surface area (Å²) in [7, 11) is 0. The summed E-state index contributed by atoms with van der Waals surface area (Å²) in [5.74, 6) is 0.0619. The second kappa shape index (κ2) is 12.2. The zero-order chi connectivity index (χ0) is 28.2. The molecule has 4 N–H and O–H groups in total. The number of nitrogens with two attached hydrogens (primary N) is 1. The highest BCUT2D eigenvalue weighted by atomic mass is 32.2. The molecule has 0 bridgehead atoms. The molecule has 41 heavy (non-hydrogen) atoms. The van der Waals surface area contributed by atoms with Crippen LogP contribution in [0.25, 0.3) is 10.1 Å². The third kappa shape index (κ3) is 5.86. The molecule has 4 heterocycles. The number of primary amides is 1. The molecule has 10 heteroatoms. The summed E-state index contributed by atoms with van der Waals surface area (Å²) in [6.45, 7) is -0.0819. The third-order valence-corrected chi connectivity index (χ3v) is 9.76. The van der Waals surface area contributed by atoms with Crippen molar-refractivity contribution < 1.29 is 9.90 Å². The fourth-order valence-electron chi connectivity index (χ4n) is 4.86. The summed E-state index contributed by atoms with van der Waals surface area (Å²) in [6.07, 6.45) is 5.70. The van der Waals surface area contributed by atoms with Crippen molar-refractivity contribution in [2.45, 2.75) is 28.1 Å². The average molecular weight is 596 g/mol. The van der Waals surface area contributed by atoms with E-state index in [4.69, 9.17) is 5.73 Å². The fraction of sp³-hybridized carbons (Fsp3) is 0.0968. The summed E-state index contributed by atoms with van der Waals surface area (Å²) in [5, 5.41) is 17.3. The van der Waals surface area contributed by atoms with E-state index in [-0.39, 0.29) is 18.2 Å². The summed E-state index contributed by atoms with van der Waals surface area (Å²) in [5.41, 5.74) is 9.75. The van der Waals surface area contributed by atoms with Gasteiger partial charge in [-0.05, 0) is 52.3 Å². The van der Waals surface area contributed by atoms with Crippen LogP contribution in [0.2, 0.25) is 0 Å². The number of hydrogen-bond donors (Lipinski definition) is 3. The van der Waals surface area contributed by atoms with E-state index in [1.54, 1.807) is 23.7 Å². The van der Waals surface area contributed by atoms with Gasteiger partial charge in [0.25, 0.3) is 5.91 Å². The number of fused-ring (bicyclic) bond motifs is 1. The van der Waals surface area contributed by atoms with E-state index in [0.29, 0.717) is 6.42 Å². The van der Waals surface area contributed by atoms with Crippen molar-refractivity contribution in [1.29, 1.82) is 0 Å². The Morgan fingerprint density at radius 2 is 1.78 bits per heavy atom. The van der Waals surface area contributed by atoms with Crippen molar-refractivity contribution in [3.05, 3.63) is 125 Å². The zero-order valence-corrected chi connectivity index (χ0v) is 24.2. The highest BCUT2D eigenvalue weighted by molar-refractivity contribution is 8.01. The van der Waals surface area contributed by atoms with Crippen molar-refractivity contribution in [3.63, 3.8) is 0 Å². The third-order valence-electron chi connectivity index (χ3n) is 6.76. The molecule has 0 radical (unpaired) electrons. The summed E-state index contributed by atoms with van der Waals surface area (Å²) in [6, 6.07) is 23.9. The van der Waals surface area contributed by atoms with Gasteiger partial charge in [-0.3, -0.25) is 9.78 Å².